The van der Waals surface area contributed by atoms with E-state index in [0.29, 0.717) is 17.2 Å². The lowest BCUT2D eigenvalue weighted by atomic mass is 10.1. The Morgan fingerprint density at radius 1 is 0.913 bits per heavy atom. The Kier molecular flexibility index (Phi) is 6.23. The molecule has 23 heavy (non-hydrogen) atoms. The lowest BCUT2D eigenvalue weighted by Crippen LogP contribution is -2.83. The number of rotatable bonds is 8. The van der Waals surface area contributed by atoms with Crippen LogP contribution in [0.2, 0.25) is 0 Å². The number of benzene rings is 2. The number of hydrogen-bond acceptors (Lipinski definition) is 3. The van der Waals surface area contributed by atoms with Crippen LogP contribution in [-0.2, 0) is 13.0 Å². The number of halogens is 1. The molecular weight excluding hydrogens is 297 g/mol. The molecule has 124 valence electrons. The number of nitrogens with two attached hydrogens (primary N) is 1. The first-order valence-corrected chi connectivity index (χ1v) is 7.53. The summed E-state index contributed by atoms with van der Waals surface area (Å²) >= 11 is 0. The van der Waals surface area contributed by atoms with E-state index in [2.05, 4.69) is 5.32 Å². The van der Waals surface area contributed by atoms with Crippen molar-refractivity contribution in [3.05, 3.63) is 53.3 Å². The Labute approximate surface area is 136 Å². The SMILES string of the molecule is COc1cc(C[NH2+]CCc2cccc(F)c2)cc(OC)c1OC. The number of hydrogen-bond donors (Lipinski definition) is 1. The Balaban J connectivity index is 1.95. The summed E-state index contributed by atoms with van der Waals surface area (Å²) in [7, 11) is 4.80. The predicted octanol–water partition coefficient (Wildman–Crippen LogP) is 2.16. The van der Waals surface area contributed by atoms with Crippen molar-refractivity contribution in [2.45, 2.75) is 13.0 Å². The van der Waals surface area contributed by atoms with Crippen LogP contribution in [0.5, 0.6) is 17.2 Å². The van der Waals surface area contributed by atoms with Gasteiger partial charge in [-0.05, 0) is 29.8 Å². The Morgan fingerprint density at radius 3 is 2.17 bits per heavy atom. The van der Waals surface area contributed by atoms with E-state index in [1.54, 1.807) is 33.5 Å². The highest BCUT2D eigenvalue weighted by molar-refractivity contribution is 5.53. The van der Waals surface area contributed by atoms with Crippen LogP contribution in [0.4, 0.5) is 4.39 Å². The van der Waals surface area contributed by atoms with Crippen molar-refractivity contribution in [3.63, 3.8) is 0 Å². The molecule has 0 aliphatic carbocycles. The fourth-order valence-corrected chi connectivity index (χ4v) is 2.48. The van der Waals surface area contributed by atoms with E-state index in [4.69, 9.17) is 14.2 Å². The molecule has 0 atom stereocenters. The fraction of sp³-hybridized carbons (Fsp3) is 0.333. The molecule has 4 nitrogen and oxygen atoms in total. The van der Waals surface area contributed by atoms with E-state index in [1.807, 2.05) is 18.2 Å². The van der Waals surface area contributed by atoms with Gasteiger partial charge in [0.05, 0.1) is 27.9 Å². The lowest BCUT2D eigenvalue weighted by Gasteiger charge is -2.13. The molecule has 2 rings (SSSR count). The monoisotopic (exact) mass is 320 g/mol. The molecule has 0 aromatic heterocycles. The summed E-state index contributed by atoms with van der Waals surface area (Å²) in [5.74, 6) is 1.71. The minimum absolute atomic E-state index is 0.188. The van der Waals surface area contributed by atoms with Crippen molar-refractivity contribution >= 4 is 0 Å². The van der Waals surface area contributed by atoms with Gasteiger partial charge in [0, 0.05) is 12.0 Å². The van der Waals surface area contributed by atoms with Crippen LogP contribution < -0.4 is 19.5 Å². The molecule has 0 unspecified atom stereocenters. The molecule has 0 fully saturated rings. The first-order chi connectivity index (χ1) is 11.2. The van der Waals surface area contributed by atoms with Crippen LogP contribution >= 0.6 is 0 Å². The summed E-state index contributed by atoms with van der Waals surface area (Å²) in [4.78, 5) is 0. The Morgan fingerprint density at radius 2 is 1.61 bits per heavy atom. The molecule has 0 saturated carbocycles. The van der Waals surface area contributed by atoms with Crippen LogP contribution in [0.25, 0.3) is 0 Å². The molecule has 0 aliphatic heterocycles. The van der Waals surface area contributed by atoms with Gasteiger partial charge in [0.15, 0.2) is 11.5 Å². The van der Waals surface area contributed by atoms with Crippen LogP contribution in [0.1, 0.15) is 11.1 Å². The van der Waals surface area contributed by atoms with Crippen molar-refractivity contribution in [2.75, 3.05) is 27.9 Å². The van der Waals surface area contributed by atoms with E-state index < -0.39 is 0 Å². The second kappa shape index (κ2) is 8.39. The maximum atomic E-state index is 13.1. The Bertz CT molecular complexity index is 621. The quantitative estimate of drug-likeness (QED) is 0.758. The fourth-order valence-electron chi connectivity index (χ4n) is 2.48. The maximum Gasteiger partial charge on any atom is 0.203 e. The zero-order chi connectivity index (χ0) is 16.7. The zero-order valence-corrected chi connectivity index (χ0v) is 13.8. The second-order valence-electron chi connectivity index (χ2n) is 5.19. The summed E-state index contributed by atoms with van der Waals surface area (Å²) in [5.41, 5.74) is 2.09. The van der Waals surface area contributed by atoms with E-state index >= 15 is 0 Å². The van der Waals surface area contributed by atoms with E-state index in [9.17, 15) is 4.39 Å². The maximum absolute atomic E-state index is 13.1. The summed E-state index contributed by atoms with van der Waals surface area (Å²) in [5, 5.41) is 2.17. The van der Waals surface area contributed by atoms with Crippen LogP contribution in [0, 0.1) is 5.82 Å². The number of ether oxygens (including phenoxy) is 3. The number of quaternary nitrogens is 1. The van der Waals surface area contributed by atoms with Crippen LogP contribution in [0.3, 0.4) is 0 Å². The average molecular weight is 320 g/mol. The van der Waals surface area contributed by atoms with Gasteiger partial charge in [0.2, 0.25) is 5.75 Å². The molecule has 0 saturated heterocycles. The second-order valence-corrected chi connectivity index (χ2v) is 5.19. The van der Waals surface area contributed by atoms with Crippen molar-refractivity contribution < 1.29 is 23.9 Å². The predicted molar refractivity (Wildman–Crippen MR) is 86.7 cm³/mol. The van der Waals surface area contributed by atoms with Gasteiger partial charge in [-0.1, -0.05) is 12.1 Å². The molecule has 2 aromatic rings. The number of methoxy groups -OCH3 is 3. The zero-order valence-electron chi connectivity index (χ0n) is 13.8. The molecular formula is C18H23FNO3+. The van der Waals surface area contributed by atoms with Crippen molar-refractivity contribution in [2.24, 2.45) is 0 Å². The van der Waals surface area contributed by atoms with Crippen LogP contribution in [-0.4, -0.2) is 27.9 Å². The summed E-state index contributed by atoms with van der Waals surface area (Å²) in [6.45, 7) is 1.66. The first kappa shape index (κ1) is 17.1. The third-order valence-electron chi connectivity index (χ3n) is 3.63. The largest absolute Gasteiger partial charge is 0.493 e. The minimum Gasteiger partial charge on any atom is -0.493 e. The first-order valence-electron chi connectivity index (χ1n) is 7.53. The van der Waals surface area contributed by atoms with Gasteiger partial charge in [-0.3, -0.25) is 0 Å². The highest BCUT2D eigenvalue weighted by Gasteiger charge is 2.13. The molecule has 0 spiro atoms. The molecule has 2 N–H and O–H groups in total. The molecule has 0 radical (unpaired) electrons. The summed E-state index contributed by atoms with van der Waals surface area (Å²) in [6.07, 6.45) is 0.822. The van der Waals surface area contributed by atoms with Gasteiger partial charge >= 0.3 is 0 Å². The molecule has 5 heteroatoms. The van der Waals surface area contributed by atoms with E-state index in [0.717, 1.165) is 30.6 Å². The molecule has 0 amide bonds. The Hall–Kier alpha value is -2.27. The third kappa shape index (κ3) is 4.60. The van der Waals surface area contributed by atoms with Gasteiger partial charge in [-0.25, -0.2) is 4.39 Å². The van der Waals surface area contributed by atoms with E-state index in [-0.39, 0.29) is 5.82 Å². The lowest BCUT2D eigenvalue weighted by molar-refractivity contribution is -0.670. The van der Waals surface area contributed by atoms with Gasteiger partial charge in [-0.15, -0.1) is 0 Å². The topological polar surface area (TPSA) is 44.3 Å². The minimum atomic E-state index is -0.188. The molecule has 2 aromatic carbocycles. The third-order valence-corrected chi connectivity index (χ3v) is 3.63. The van der Waals surface area contributed by atoms with Gasteiger partial charge in [0.25, 0.3) is 0 Å². The van der Waals surface area contributed by atoms with E-state index in [1.165, 1.54) is 6.07 Å². The standard InChI is InChI=1S/C18H22FNO3/c1-21-16-10-14(11-17(22-2)18(16)23-3)12-20-8-7-13-5-4-6-15(19)9-13/h4-6,9-11,20H,7-8,12H2,1-3H3/p+1. The highest BCUT2D eigenvalue weighted by atomic mass is 19.1. The average Bonchev–Trinajstić information content (AvgIpc) is 2.57. The van der Waals surface area contributed by atoms with Gasteiger partial charge < -0.3 is 19.5 Å². The van der Waals surface area contributed by atoms with Gasteiger partial charge in [0.1, 0.15) is 12.4 Å². The van der Waals surface area contributed by atoms with Crippen LogP contribution in [0.15, 0.2) is 36.4 Å². The summed E-state index contributed by atoms with van der Waals surface area (Å²) in [6, 6.07) is 10.6. The highest BCUT2D eigenvalue weighted by Crippen LogP contribution is 2.37. The molecule has 0 bridgehead atoms. The smallest absolute Gasteiger partial charge is 0.203 e. The molecule has 0 aliphatic rings. The normalized spacial score (nSPS) is 10.4. The van der Waals surface area contributed by atoms with Gasteiger partial charge in [-0.2, -0.15) is 0 Å². The molecule has 0 heterocycles. The van der Waals surface area contributed by atoms with Crippen molar-refractivity contribution in [3.8, 4) is 17.2 Å². The van der Waals surface area contributed by atoms with Crippen molar-refractivity contribution in [1.82, 2.24) is 0 Å². The summed E-state index contributed by atoms with van der Waals surface area (Å²) < 4.78 is 29.1. The van der Waals surface area contributed by atoms with Crippen molar-refractivity contribution in [1.29, 1.82) is 0 Å².